The fourth-order valence-corrected chi connectivity index (χ4v) is 2.98. The summed E-state index contributed by atoms with van der Waals surface area (Å²) >= 11 is 3.54. The molecule has 0 fully saturated rings. The van der Waals surface area contributed by atoms with Crippen molar-refractivity contribution in [1.82, 2.24) is 4.98 Å². The predicted octanol–water partition coefficient (Wildman–Crippen LogP) is 5.08. The molecule has 0 saturated heterocycles. The van der Waals surface area contributed by atoms with Gasteiger partial charge in [-0.3, -0.25) is 4.79 Å². The van der Waals surface area contributed by atoms with Crippen LogP contribution in [-0.4, -0.2) is 10.9 Å². The Labute approximate surface area is 155 Å². The molecule has 2 aromatic carbocycles. The molecule has 1 heterocycles. The summed E-state index contributed by atoms with van der Waals surface area (Å²) in [4.78, 5) is 16.4. The number of aryl methyl sites for hydroxylation is 1. The van der Waals surface area contributed by atoms with Gasteiger partial charge in [-0.25, -0.2) is 4.98 Å². The highest BCUT2D eigenvalue weighted by Gasteiger charge is 2.05. The number of pyridine rings is 1. The van der Waals surface area contributed by atoms with Gasteiger partial charge in [0.25, 0.3) is 0 Å². The van der Waals surface area contributed by atoms with Crippen LogP contribution in [0.15, 0.2) is 71.3 Å². The molecule has 0 aliphatic carbocycles. The van der Waals surface area contributed by atoms with E-state index >= 15 is 0 Å². The number of nitrogens with one attached hydrogen (secondary N) is 2. The molecule has 25 heavy (non-hydrogen) atoms. The van der Waals surface area contributed by atoms with Crippen molar-refractivity contribution in [3.05, 3.63) is 82.5 Å². The number of anilines is 3. The Hall–Kier alpha value is -2.66. The largest absolute Gasteiger partial charge is 0.339 e. The highest BCUT2D eigenvalue weighted by atomic mass is 79.9. The van der Waals surface area contributed by atoms with E-state index in [4.69, 9.17) is 0 Å². The molecular formula is C20H18BrN3O. The number of nitrogens with zero attached hydrogens (tertiary/aromatic N) is 1. The number of hydrogen-bond donors (Lipinski definition) is 2. The fraction of sp³-hybridized carbons (Fsp3) is 0.100. The monoisotopic (exact) mass is 395 g/mol. The minimum Gasteiger partial charge on any atom is -0.339 e. The first kappa shape index (κ1) is 17.2. The Morgan fingerprint density at radius 1 is 1.08 bits per heavy atom. The summed E-state index contributed by atoms with van der Waals surface area (Å²) in [5, 5.41) is 6.11. The summed E-state index contributed by atoms with van der Waals surface area (Å²) in [6.45, 7) is 2.04. The van der Waals surface area contributed by atoms with E-state index in [1.807, 2.05) is 67.6 Å². The molecule has 1 amide bonds. The maximum absolute atomic E-state index is 12.1. The number of carbonyl (C=O) groups is 1. The van der Waals surface area contributed by atoms with E-state index in [0.717, 1.165) is 15.7 Å². The third-order valence-electron chi connectivity index (χ3n) is 3.64. The van der Waals surface area contributed by atoms with Gasteiger partial charge in [-0.2, -0.15) is 0 Å². The number of rotatable bonds is 5. The van der Waals surface area contributed by atoms with Crippen LogP contribution in [0.25, 0.3) is 0 Å². The third-order valence-corrected chi connectivity index (χ3v) is 4.30. The number of halogens is 1. The minimum absolute atomic E-state index is 0.0602. The van der Waals surface area contributed by atoms with Gasteiger partial charge in [0.05, 0.1) is 24.0 Å². The lowest BCUT2D eigenvalue weighted by Gasteiger charge is -2.10. The van der Waals surface area contributed by atoms with Crippen molar-refractivity contribution >= 4 is 39.0 Å². The lowest BCUT2D eigenvalue weighted by molar-refractivity contribution is -0.115. The molecule has 0 unspecified atom stereocenters. The Bertz CT molecular complexity index is 864. The normalized spacial score (nSPS) is 10.3. The lowest BCUT2D eigenvalue weighted by atomic mass is 10.1. The van der Waals surface area contributed by atoms with Crippen LogP contribution < -0.4 is 10.6 Å². The molecule has 0 bridgehead atoms. The first-order valence-corrected chi connectivity index (χ1v) is 8.72. The second-order valence-corrected chi connectivity index (χ2v) is 6.61. The maximum atomic E-state index is 12.1. The van der Waals surface area contributed by atoms with Crippen LogP contribution in [0.3, 0.4) is 0 Å². The quantitative estimate of drug-likeness (QED) is 0.633. The van der Waals surface area contributed by atoms with Crippen LogP contribution in [0.2, 0.25) is 0 Å². The summed E-state index contributed by atoms with van der Waals surface area (Å²) in [6.07, 6.45) is 1.99. The summed E-state index contributed by atoms with van der Waals surface area (Å²) in [5.74, 6) is 0.653. The average molecular weight is 396 g/mol. The second-order valence-electron chi connectivity index (χ2n) is 5.75. The molecule has 0 aliphatic heterocycles. The van der Waals surface area contributed by atoms with Crippen LogP contribution in [0.4, 0.5) is 17.2 Å². The van der Waals surface area contributed by atoms with Gasteiger partial charge < -0.3 is 10.6 Å². The van der Waals surface area contributed by atoms with Gasteiger partial charge in [-0.15, -0.1) is 0 Å². The number of aromatic nitrogens is 1. The summed E-state index contributed by atoms with van der Waals surface area (Å²) < 4.78 is 0.981. The van der Waals surface area contributed by atoms with E-state index in [0.29, 0.717) is 17.9 Å². The highest BCUT2D eigenvalue weighted by Crippen LogP contribution is 2.26. The SMILES string of the molecule is Cc1ccc(Nc2ccc(NC(=O)Cc3ccccc3)cn2)c(Br)c1. The third kappa shape index (κ3) is 4.90. The van der Waals surface area contributed by atoms with Crippen molar-refractivity contribution in [2.24, 2.45) is 0 Å². The summed E-state index contributed by atoms with van der Waals surface area (Å²) in [7, 11) is 0. The standard InChI is InChI=1S/C20H18BrN3O/c1-14-7-9-18(17(21)11-14)24-19-10-8-16(13-22-19)23-20(25)12-15-5-3-2-4-6-15/h2-11,13H,12H2,1H3,(H,22,24)(H,23,25). The number of hydrogen-bond acceptors (Lipinski definition) is 3. The average Bonchev–Trinajstić information content (AvgIpc) is 2.60. The van der Waals surface area contributed by atoms with E-state index in [1.54, 1.807) is 6.20 Å². The van der Waals surface area contributed by atoms with Gasteiger partial charge in [0.1, 0.15) is 5.82 Å². The zero-order chi connectivity index (χ0) is 17.6. The number of benzene rings is 2. The first-order chi connectivity index (χ1) is 12.1. The Morgan fingerprint density at radius 2 is 1.88 bits per heavy atom. The van der Waals surface area contributed by atoms with E-state index in [9.17, 15) is 4.79 Å². The molecule has 5 heteroatoms. The first-order valence-electron chi connectivity index (χ1n) is 7.93. The van der Waals surface area contributed by atoms with Crippen molar-refractivity contribution < 1.29 is 4.79 Å². The van der Waals surface area contributed by atoms with Crippen LogP contribution in [0.5, 0.6) is 0 Å². The molecule has 0 atom stereocenters. The van der Waals surface area contributed by atoms with E-state index in [1.165, 1.54) is 5.56 Å². The van der Waals surface area contributed by atoms with Gasteiger partial charge in [0.15, 0.2) is 0 Å². The number of amides is 1. The Kier molecular flexibility index (Phi) is 5.46. The van der Waals surface area contributed by atoms with Crippen LogP contribution in [0, 0.1) is 6.92 Å². The molecule has 0 saturated carbocycles. The van der Waals surface area contributed by atoms with Crippen LogP contribution >= 0.6 is 15.9 Å². The molecule has 0 aliphatic rings. The van der Waals surface area contributed by atoms with Crippen molar-refractivity contribution in [2.45, 2.75) is 13.3 Å². The van der Waals surface area contributed by atoms with Gasteiger partial charge in [-0.05, 0) is 58.2 Å². The van der Waals surface area contributed by atoms with E-state index in [2.05, 4.69) is 31.5 Å². The molecule has 126 valence electrons. The summed E-state index contributed by atoms with van der Waals surface area (Å²) in [6, 6.07) is 19.4. The predicted molar refractivity (Wildman–Crippen MR) is 105 cm³/mol. The van der Waals surface area contributed by atoms with Gasteiger partial charge in [0, 0.05) is 4.47 Å². The van der Waals surface area contributed by atoms with Crippen LogP contribution in [0.1, 0.15) is 11.1 Å². The minimum atomic E-state index is -0.0602. The molecule has 0 radical (unpaired) electrons. The maximum Gasteiger partial charge on any atom is 0.228 e. The smallest absolute Gasteiger partial charge is 0.228 e. The van der Waals surface area contributed by atoms with Crippen LogP contribution in [-0.2, 0) is 11.2 Å². The molecule has 1 aromatic heterocycles. The topological polar surface area (TPSA) is 54.0 Å². The molecule has 4 nitrogen and oxygen atoms in total. The second kappa shape index (κ2) is 7.94. The fourth-order valence-electron chi connectivity index (χ4n) is 2.39. The van der Waals surface area contributed by atoms with Gasteiger partial charge in [0.2, 0.25) is 5.91 Å². The zero-order valence-electron chi connectivity index (χ0n) is 13.8. The van der Waals surface area contributed by atoms with E-state index < -0.39 is 0 Å². The van der Waals surface area contributed by atoms with Crippen molar-refractivity contribution in [2.75, 3.05) is 10.6 Å². The van der Waals surface area contributed by atoms with Gasteiger partial charge in [-0.1, -0.05) is 36.4 Å². The Balaban J connectivity index is 1.61. The molecular weight excluding hydrogens is 378 g/mol. The van der Waals surface area contributed by atoms with Crippen molar-refractivity contribution in [1.29, 1.82) is 0 Å². The summed E-state index contributed by atoms with van der Waals surface area (Å²) in [5.41, 5.74) is 3.78. The molecule has 3 aromatic rings. The zero-order valence-corrected chi connectivity index (χ0v) is 15.4. The lowest BCUT2D eigenvalue weighted by Crippen LogP contribution is -2.14. The van der Waals surface area contributed by atoms with E-state index in [-0.39, 0.29) is 5.91 Å². The molecule has 3 rings (SSSR count). The van der Waals surface area contributed by atoms with Crippen molar-refractivity contribution in [3.8, 4) is 0 Å². The van der Waals surface area contributed by atoms with Gasteiger partial charge >= 0.3 is 0 Å². The number of carbonyl (C=O) groups excluding carboxylic acids is 1. The van der Waals surface area contributed by atoms with Crippen molar-refractivity contribution in [3.63, 3.8) is 0 Å². The molecule has 0 spiro atoms. The molecule has 2 N–H and O–H groups in total. The highest BCUT2D eigenvalue weighted by molar-refractivity contribution is 9.10. The Morgan fingerprint density at radius 3 is 2.56 bits per heavy atom.